The summed E-state index contributed by atoms with van der Waals surface area (Å²) < 4.78 is 0. The van der Waals surface area contributed by atoms with Gasteiger partial charge in [-0.3, -0.25) is 19.3 Å². The summed E-state index contributed by atoms with van der Waals surface area (Å²) in [6, 6.07) is 4.64. The maximum atomic E-state index is 12.0. The molecule has 0 saturated carbocycles. The van der Waals surface area contributed by atoms with E-state index in [9.17, 15) is 14.4 Å². The fourth-order valence-electron chi connectivity index (χ4n) is 1.97. The maximum absolute atomic E-state index is 12.0. The van der Waals surface area contributed by atoms with Crippen LogP contribution in [-0.2, 0) is 4.79 Å². The van der Waals surface area contributed by atoms with Gasteiger partial charge in [-0.05, 0) is 24.6 Å². The van der Waals surface area contributed by atoms with Crippen LogP contribution in [0.15, 0.2) is 18.2 Å². The van der Waals surface area contributed by atoms with Crippen molar-refractivity contribution in [2.24, 2.45) is 0 Å². The molecule has 1 N–H and O–H groups in total. The third kappa shape index (κ3) is 2.33. The lowest BCUT2D eigenvalue weighted by Crippen LogP contribution is -2.31. The molecule has 0 aromatic heterocycles. The van der Waals surface area contributed by atoms with Crippen LogP contribution in [0.25, 0.3) is 0 Å². The Balaban J connectivity index is 2.19. The summed E-state index contributed by atoms with van der Waals surface area (Å²) in [6.45, 7) is 0.101. The van der Waals surface area contributed by atoms with E-state index in [1.54, 1.807) is 6.07 Å². The number of terminal acetylenes is 1. The quantitative estimate of drug-likeness (QED) is 0.648. The molecule has 0 unspecified atom stereocenters. The van der Waals surface area contributed by atoms with Crippen molar-refractivity contribution in [3.63, 3.8) is 0 Å². The predicted octanol–water partition coefficient (Wildman–Crippen LogP) is 1.13. The second kappa shape index (κ2) is 4.94. The number of carbonyl (C=O) groups is 3. The Morgan fingerprint density at radius 3 is 2.58 bits per heavy atom. The van der Waals surface area contributed by atoms with Crippen LogP contribution in [0.2, 0.25) is 0 Å². The Labute approximate surface area is 109 Å². The van der Waals surface area contributed by atoms with E-state index < -0.39 is 17.8 Å². The Hall–Kier alpha value is -2.61. The fourth-order valence-corrected chi connectivity index (χ4v) is 1.97. The summed E-state index contributed by atoms with van der Waals surface area (Å²) in [5.41, 5.74) is 1.14. The van der Waals surface area contributed by atoms with Gasteiger partial charge in [0.2, 0.25) is 0 Å². The molecule has 96 valence electrons. The zero-order chi connectivity index (χ0) is 14.0. The number of benzene rings is 1. The number of imide groups is 1. The molecule has 1 heterocycles. The predicted molar refractivity (Wildman–Crippen MR) is 66.6 cm³/mol. The normalized spacial score (nSPS) is 13.3. The van der Waals surface area contributed by atoms with E-state index in [4.69, 9.17) is 11.5 Å². The van der Waals surface area contributed by atoms with Gasteiger partial charge in [0.1, 0.15) is 0 Å². The largest absolute Gasteiger partial charge is 0.481 e. The Bertz CT molecular complexity index is 612. The lowest BCUT2D eigenvalue weighted by molar-refractivity contribution is -0.137. The van der Waals surface area contributed by atoms with E-state index in [-0.39, 0.29) is 24.9 Å². The number of aliphatic carboxylic acids is 1. The number of carbonyl (C=O) groups excluding carboxylic acids is 2. The molecule has 2 amide bonds. The second-order valence-corrected chi connectivity index (χ2v) is 4.16. The molecule has 0 saturated heterocycles. The monoisotopic (exact) mass is 257 g/mol. The molecule has 0 aliphatic carbocycles. The van der Waals surface area contributed by atoms with Crippen LogP contribution in [0.5, 0.6) is 0 Å². The topological polar surface area (TPSA) is 74.7 Å². The molecular formula is C14H11NO4. The van der Waals surface area contributed by atoms with Crippen LogP contribution >= 0.6 is 0 Å². The smallest absolute Gasteiger partial charge is 0.303 e. The third-order valence-electron chi connectivity index (χ3n) is 2.91. The molecule has 0 spiro atoms. The molecule has 2 rings (SSSR count). The molecule has 1 aromatic rings. The summed E-state index contributed by atoms with van der Waals surface area (Å²) in [5, 5.41) is 8.55. The van der Waals surface area contributed by atoms with Gasteiger partial charge in [-0.15, -0.1) is 6.42 Å². The highest BCUT2D eigenvalue weighted by molar-refractivity contribution is 6.21. The Morgan fingerprint density at radius 1 is 1.26 bits per heavy atom. The van der Waals surface area contributed by atoms with Crippen molar-refractivity contribution in [1.29, 1.82) is 0 Å². The number of nitrogens with zero attached hydrogens (tertiary/aromatic N) is 1. The number of carboxylic acid groups (broad SMARTS) is 1. The molecule has 19 heavy (non-hydrogen) atoms. The van der Waals surface area contributed by atoms with Gasteiger partial charge in [-0.1, -0.05) is 5.92 Å². The lowest BCUT2D eigenvalue weighted by Gasteiger charge is -2.12. The maximum Gasteiger partial charge on any atom is 0.303 e. The average molecular weight is 257 g/mol. The van der Waals surface area contributed by atoms with Gasteiger partial charge in [0.25, 0.3) is 11.8 Å². The van der Waals surface area contributed by atoms with E-state index in [1.165, 1.54) is 12.1 Å². The minimum atomic E-state index is -0.953. The summed E-state index contributed by atoms with van der Waals surface area (Å²) >= 11 is 0. The van der Waals surface area contributed by atoms with Gasteiger partial charge in [0.15, 0.2) is 0 Å². The first-order chi connectivity index (χ1) is 9.04. The standard InChI is InChI=1S/C14H11NO4/c1-2-9-5-6-10-11(8-9)14(19)15(13(10)18)7-3-4-12(16)17/h1,5-6,8H,3-4,7H2,(H,16,17). The van der Waals surface area contributed by atoms with Crippen LogP contribution in [0.1, 0.15) is 39.1 Å². The fraction of sp³-hybridized carbons (Fsp3) is 0.214. The molecule has 0 atom stereocenters. The first kappa shape index (κ1) is 12.8. The summed E-state index contributed by atoms with van der Waals surface area (Å²) in [6.07, 6.45) is 5.41. The zero-order valence-electron chi connectivity index (χ0n) is 10.0. The number of amides is 2. The summed E-state index contributed by atoms with van der Waals surface area (Å²) in [5.74, 6) is 0.644. The minimum absolute atomic E-state index is 0.0803. The highest BCUT2D eigenvalue weighted by Gasteiger charge is 2.35. The van der Waals surface area contributed by atoms with Crippen LogP contribution in [0.3, 0.4) is 0 Å². The molecule has 0 bridgehead atoms. The number of hydrogen-bond acceptors (Lipinski definition) is 3. The van der Waals surface area contributed by atoms with E-state index in [0.29, 0.717) is 11.1 Å². The summed E-state index contributed by atoms with van der Waals surface area (Å²) in [7, 11) is 0. The van der Waals surface area contributed by atoms with Crippen LogP contribution in [0, 0.1) is 12.3 Å². The SMILES string of the molecule is C#Cc1ccc2c(c1)C(=O)N(CCCC(=O)O)C2=O. The van der Waals surface area contributed by atoms with Gasteiger partial charge in [0, 0.05) is 18.5 Å². The van der Waals surface area contributed by atoms with Gasteiger partial charge >= 0.3 is 5.97 Å². The lowest BCUT2D eigenvalue weighted by atomic mass is 10.1. The molecule has 1 aliphatic heterocycles. The van der Waals surface area contributed by atoms with Crippen molar-refractivity contribution in [2.75, 3.05) is 6.54 Å². The van der Waals surface area contributed by atoms with Gasteiger partial charge in [0.05, 0.1) is 11.1 Å². The van der Waals surface area contributed by atoms with Gasteiger partial charge in [-0.2, -0.15) is 0 Å². The van der Waals surface area contributed by atoms with E-state index in [2.05, 4.69) is 5.92 Å². The van der Waals surface area contributed by atoms with E-state index in [1.807, 2.05) is 0 Å². The van der Waals surface area contributed by atoms with Crippen LogP contribution in [0.4, 0.5) is 0 Å². The first-order valence-corrected chi connectivity index (χ1v) is 5.73. The van der Waals surface area contributed by atoms with Crippen molar-refractivity contribution < 1.29 is 19.5 Å². The van der Waals surface area contributed by atoms with E-state index in [0.717, 1.165) is 4.90 Å². The average Bonchev–Trinajstić information content (AvgIpc) is 2.63. The van der Waals surface area contributed by atoms with Crippen molar-refractivity contribution in [3.8, 4) is 12.3 Å². The molecule has 1 aliphatic rings. The van der Waals surface area contributed by atoms with E-state index >= 15 is 0 Å². The molecule has 1 aromatic carbocycles. The number of rotatable bonds is 4. The summed E-state index contributed by atoms with van der Waals surface area (Å²) in [4.78, 5) is 35.5. The van der Waals surface area contributed by atoms with Gasteiger partial charge in [-0.25, -0.2) is 0 Å². The zero-order valence-corrected chi connectivity index (χ0v) is 10.0. The third-order valence-corrected chi connectivity index (χ3v) is 2.91. The number of hydrogen-bond donors (Lipinski definition) is 1. The minimum Gasteiger partial charge on any atom is -0.481 e. The Morgan fingerprint density at radius 2 is 1.95 bits per heavy atom. The van der Waals surface area contributed by atoms with Crippen molar-refractivity contribution in [1.82, 2.24) is 4.90 Å². The molecule has 0 fully saturated rings. The van der Waals surface area contributed by atoms with Crippen LogP contribution in [-0.4, -0.2) is 34.3 Å². The highest BCUT2D eigenvalue weighted by atomic mass is 16.4. The van der Waals surface area contributed by atoms with Crippen LogP contribution < -0.4 is 0 Å². The van der Waals surface area contributed by atoms with Crippen molar-refractivity contribution >= 4 is 17.8 Å². The molecular weight excluding hydrogens is 246 g/mol. The first-order valence-electron chi connectivity index (χ1n) is 5.73. The highest BCUT2D eigenvalue weighted by Crippen LogP contribution is 2.24. The molecule has 5 heteroatoms. The van der Waals surface area contributed by atoms with Gasteiger partial charge < -0.3 is 5.11 Å². The van der Waals surface area contributed by atoms with Crippen molar-refractivity contribution in [2.45, 2.75) is 12.8 Å². The Kier molecular flexibility index (Phi) is 3.34. The van der Waals surface area contributed by atoms with Crippen molar-refractivity contribution in [3.05, 3.63) is 34.9 Å². The number of carboxylic acids is 1. The second-order valence-electron chi connectivity index (χ2n) is 4.16. The molecule has 5 nitrogen and oxygen atoms in total. The molecule has 0 radical (unpaired) electrons. The number of fused-ring (bicyclic) bond motifs is 1.